The van der Waals surface area contributed by atoms with Gasteiger partial charge < -0.3 is 19.9 Å². The average molecular weight is 442 g/mol. The molecule has 4 atom stereocenters. The molecule has 0 bridgehead atoms. The van der Waals surface area contributed by atoms with Gasteiger partial charge in [0, 0.05) is 39.1 Å². The third-order valence-corrected chi connectivity index (χ3v) is 6.39. The first kappa shape index (κ1) is 22.3. The van der Waals surface area contributed by atoms with Crippen LogP contribution in [0.2, 0.25) is 0 Å². The lowest BCUT2D eigenvalue weighted by Gasteiger charge is -2.20. The number of halogens is 1. The smallest absolute Gasteiger partial charge is 0.227 e. The molecule has 2 heterocycles. The molecule has 4 rings (SSSR count). The number of hydrogen-bond donors (Lipinski definition) is 1. The lowest BCUT2D eigenvalue weighted by atomic mass is 10.0. The molecule has 0 radical (unpaired) electrons. The van der Waals surface area contributed by atoms with Gasteiger partial charge in [-0.1, -0.05) is 19.1 Å². The van der Waals surface area contributed by atoms with Crippen LogP contribution in [0.3, 0.4) is 0 Å². The summed E-state index contributed by atoms with van der Waals surface area (Å²) >= 11 is 0. The predicted molar refractivity (Wildman–Crippen MR) is 123 cm³/mol. The van der Waals surface area contributed by atoms with Crippen molar-refractivity contribution in [2.45, 2.75) is 38.6 Å². The van der Waals surface area contributed by atoms with E-state index in [0.29, 0.717) is 36.9 Å². The summed E-state index contributed by atoms with van der Waals surface area (Å²) in [6.07, 6.45) is 3.22. The molecule has 172 valence electrons. The van der Waals surface area contributed by atoms with Crippen molar-refractivity contribution < 1.29 is 13.9 Å². The summed E-state index contributed by atoms with van der Waals surface area (Å²) in [5, 5.41) is 3.10. The Morgan fingerprint density at radius 2 is 2.06 bits per heavy atom. The van der Waals surface area contributed by atoms with Crippen molar-refractivity contribution in [1.82, 2.24) is 15.3 Å². The van der Waals surface area contributed by atoms with Crippen molar-refractivity contribution in [2.75, 3.05) is 43.6 Å². The molecule has 32 heavy (non-hydrogen) atoms. The first-order chi connectivity index (χ1) is 15.3. The van der Waals surface area contributed by atoms with Crippen molar-refractivity contribution in [3.05, 3.63) is 41.8 Å². The number of nitrogens with zero attached hydrogens (tertiary/aromatic N) is 4. The van der Waals surface area contributed by atoms with Crippen LogP contribution >= 0.6 is 0 Å². The Balaban J connectivity index is 1.28. The number of anilines is 2. The maximum atomic E-state index is 14.3. The van der Waals surface area contributed by atoms with Crippen molar-refractivity contribution in [2.24, 2.45) is 11.8 Å². The SMILES string of the molecule is CC(C(=O)NC1CC1C)c1ccc(OCC2CCN(c3nc(N(C)C)ncc3F)C2)cc1. The van der Waals surface area contributed by atoms with Crippen LogP contribution in [0, 0.1) is 17.7 Å². The van der Waals surface area contributed by atoms with Gasteiger partial charge in [0.15, 0.2) is 11.6 Å². The van der Waals surface area contributed by atoms with E-state index in [1.54, 1.807) is 4.90 Å². The van der Waals surface area contributed by atoms with E-state index in [1.807, 2.05) is 50.2 Å². The summed E-state index contributed by atoms with van der Waals surface area (Å²) in [5.41, 5.74) is 0.978. The summed E-state index contributed by atoms with van der Waals surface area (Å²) in [7, 11) is 3.67. The second kappa shape index (κ2) is 9.30. The van der Waals surface area contributed by atoms with Crippen LogP contribution < -0.4 is 19.9 Å². The Bertz CT molecular complexity index is 952. The number of carbonyl (C=O) groups excluding carboxylic acids is 1. The molecule has 2 aromatic rings. The van der Waals surface area contributed by atoms with Gasteiger partial charge in [0.25, 0.3) is 0 Å². The zero-order valence-corrected chi connectivity index (χ0v) is 19.2. The molecular formula is C24H32FN5O2. The molecule has 1 amide bonds. The van der Waals surface area contributed by atoms with Gasteiger partial charge in [0.1, 0.15) is 5.75 Å². The van der Waals surface area contributed by atoms with Gasteiger partial charge in [-0.3, -0.25) is 4.79 Å². The fourth-order valence-corrected chi connectivity index (χ4v) is 4.00. The van der Waals surface area contributed by atoms with Gasteiger partial charge >= 0.3 is 0 Å². The zero-order chi connectivity index (χ0) is 22.8. The van der Waals surface area contributed by atoms with Crippen molar-refractivity contribution in [1.29, 1.82) is 0 Å². The Hall–Kier alpha value is -2.90. The number of carbonyl (C=O) groups is 1. The Morgan fingerprint density at radius 3 is 2.72 bits per heavy atom. The maximum Gasteiger partial charge on any atom is 0.227 e. The number of aromatic nitrogens is 2. The first-order valence-corrected chi connectivity index (χ1v) is 11.3. The predicted octanol–water partition coefficient (Wildman–Crippen LogP) is 3.22. The molecule has 1 saturated heterocycles. The Labute approximate surface area is 189 Å². The molecule has 1 aromatic carbocycles. The standard InChI is InChI=1S/C24H32FN5O2/c1-15-11-21(15)27-23(31)16(2)18-5-7-19(8-6-18)32-14-17-9-10-30(13-17)22-20(25)12-26-24(28-22)29(3)4/h5-8,12,15-17,21H,9-11,13-14H2,1-4H3,(H,27,31). The van der Waals surface area contributed by atoms with E-state index in [1.165, 1.54) is 6.20 Å². The molecule has 7 nitrogen and oxygen atoms in total. The number of ether oxygens (including phenoxy) is 1. The first-order valence-electron chi connectivity index (χ1n) is 11.3. The molecule has 8 heteroatoms. The van der Waals surface area contributed by atoms with Crippen LogP contribution in [0.25, 0.3) is 0 Å². The highest BCUT2D eigenvalue weighted by Crippen LogP contribution is 2.30. The number of benzene rings is 1. The van der Waals surface area contributed by atoms with Gasteiger partial charge in [-0.25, -0.2) is 9.37 Å². The van der Waals surface area contributed by atoms with E-state index in [9.17, 15) is 9.18 Å². The lowest BCUT2D eigenvalue weighted by molar-refractivity contribution is -0.122. The molecule has 2 fully saturated rings. The van der Waals surface area contributed by atoms with E-state index >= 15 is 0 Å². The normalized spacial score (nSPS) is 23.0. The molecule has 1 aliphatic heterocycles. The molecule has 1 aliphatic carbocycles. The molecule has 2 aliphatic rings. The van der Waals surface area contributed by atoms with Gasteiger partial charge in [-0.15, -0.1) is 0 Å². The average Bonchev–Trinajstić information content (AvgIpc) is 3.27. The second-order valence-electron chi connectivity index (χ2n) is 9.27. The fourth-order valence-electron chi connectivity index (χ4n) is 4.00. The van der Waals surface area contributed by atoms with Gasteiger partial charge in [0.2, 0.25) is 11.9 Å². The molecule has 1 N–H and O–H groups in total. The van der Waals surface area contributed by atoms with E-state index in [2.05, 4.69) is 22.2 Å². The number of hydrogen-bond acceptors (Lipinski definition) is 6. The van der Waals surface area contributed by atoms with Crippen LogP contribution in [0.1, 0.15) is 38.2 Å². The van der Waals surface area contributed by atoms with E-state index in [4.69, 9.17) is 4.74 Å². The highest BCUT2D eigenvalue weighted by atomic mass is 19.1. The van der Waals surface area contributed by atoms with Crippen LogP contribution in [-0.4, -0.2) is 55.7 Å². The minimum atomic E-state index is -0.401. The number of rotatable bonds is 8. The third kappa shape index (κ3) is 5.11. The fraction of sp³-hybridized carbons (Fsp3) is 0.542. The molecule has 4 unspecified atom stereocenters. The van der Waals surface area contributed by atoms with Crippen LogP contribution in [-0.2, 0) is 4.79 Å². The van der Waals surface area contributed by atoms with Gasteiger partial charge in [-0.05, 0) is 43.4 Å². The van der Waals surface area contributed by atoms with Crippen molar-refractivity contribution >= 4 is 17.7 Å². The Morgan fingerprint density at radius 1 is 1.34 bits per heavy atom. The van der Waals surface area contributed by atoms with Gasteiger partial charge in [-0.2, -0.15) is 4.98 Å². The quantitative estimate of drug-likeness (QED) is 0.678. The van der Waals surface area contributed by atoms with Crippen LogP contribution in [0.15, 0.2) is 30.5 Å². The van der Waals surface area contributed by atoms with Crippen LogP contribution in [0.4, 0.5) is 16.2 Å². The third-order valence-electron chi connectivity index (χ3n) is 6.39. The highest BCUT2D eigenvalue weighted by molar-refractivity contribution is 5.83. The minimum absolute atomic E-state index is 0.0773. The number of nitrogens with one attached hydrogen (secondary N) is 1. The largest absolute Gasteiger partial charge is 0.493 e. The van der Waals surface area contributed by atoms with Crippen molar-refractivity contribution in [3.63, 3.8) is 0 Å². The maximum absolute atomic E-state index is 14.3. The van der Waals surface area contributed by atoms with Crippen LogP contribution in [0.5, 0.6) is 5.75 Å². The topological polar surface area (TPSA) is 70.6 Å². The monoisotopic (exact) mass is 441 g/mol. The summed E-state index contributed by atoms with van der Waals surface area (Å²) in [6, 6.07) is 8.08. The van der Waals surface area contributed by atoms with E-state index < -0.39 is 5.82 Å². The summed E-state index contributed by atoms with van der Waals surface area (Å²) < 4.78 is 20.3. The number of amides is 1. The minimum Gasteiger partial charge on any atom is -0.493 e. The van der Waals surface area contributed by atoms with E-state index in [0.717, 1.165) is 30.7 Å². The van der Waals surface area contributed by atoms with E-state index in [-0.39, 0.29) is 17.7 Å². The summed E-state index contributed by atoms with van der Waals surface area (Å²) in [6.45, 7) is 6.06. The summed E-state index contributed by atoms with van der Waals surface area (Å²) in [5.74, 6) is 2.00. The second-order valence-corrected chi connectivity index (χ2v) is 9.27. The highest BCUT2D eigenvalue weighted by Gasteiger charge is 2.35. The molecule has 1 aromatic heterocycles. The lowest BCUT2D eigenvalue weighted by Crippen LogP contribution is -2.30. The van der Waals surface area contributed by atoms with Gasteiger partial charge in [0.05, 0.1) is 18.7 Å². The zero-order valence-electron chi connectivity index (χ0n) is 19.2. The molecular weight excluding hydrogens is 409 g/mol. The Kier molecular flexibility index (Phi) is 6.48. The molecule has 1 saturated carbocycles. The molecule has 0 spiro atoms. The summed E-state index contributed by atoms with van der Waals surface area (Å²) in [4.78, 5) is 24.5. The van der Waals surface area contributed by atoms with Crippen molar-refractivity contribution in [3.8, 4) is 5.75 Å².